The largest absolute Gasteiger partial charge is 0.422 e. The van der Waals surface area contributed by atoms with Crippen LogP contribution in [0.2, 0.25) is 0 Å². The molecule has 4 heteroatoms. The maximum Gasteiger partial charge on any atom is 0.349 e. The molecular weight excluding hydrogens is 194 g/mol. The Morgan fingerprint density at radius 1 is 1.20 bits per heavy atom. The van der Waals surface area contributed by atoms with Crippen molar-refractivity contribution >= 4 is 21.9 Å². The zero-order valence-electron chi connectivity index (χ0n) is 7.98. The van der Waals surface area contributed by atoms with Gasteiger partial charge < -0.3 is 8.94 Å². The molecule has 4 nitrogen and oxygen atoms in total. The molecule has 2 heterocycles. The van der Waals surface area contributed by atoms with Crippen molar-refractivity contribution in [2.45, 2.75) is 6.92 Å². The molecule has 0 saturated heterocycles. The topological polar surface area (TPSA) is 56.2 Å². The van der Waals surface area contributed by atoms with Crippen molar-refractivity contribution in [2.24, 2.45) is 0 Å². The van der Waals surface area contributed by atoms with Crippen molar-refractivity contribution in [1.29, 1.82) is 0 Å². The number of benzene rings is 1. The lowest BCUT2D eigenvalue weighted by Crippen LogP contribution is -1.98. The van der Waals surface area contributed by atoms with Crippen LogP contribution in [0.5, 0.6) is 0 Å². The van der Waals surface area contributed by atoms with Gasteiger partial charge in [-0.1, -0.05) is 17.3 Å². The van der Waals surface area contributed by atoms with Crippen LogP contribution in [0, 0.1) is 6.92 Å². The minimum Gasteiger partial charge on any atom is -0.422 e. The highest BCUT2D eigenvalue weighted by Crippen LogP contribution is 2.24. The summed E-state index contributed by atoms with van der Waals surface area (Å²) >= 11 is 0. The summed E-state index contributed by atoms with van der Waals surface area (Å²) in [4.78, 5) is 11.5. The van der Waals surface area contributed by atoms with Crippen LogP contribution < -0.4 is 5.63 Å². The SMILES string of the molecule is Cc1cccc2c1oc(=O)c1cnoc12. The molecule has 0 bridgehead atoms. The van der Waals surface area contributed by atoms with Crippen molar-refractivity contribution in [1.82, 2.24) is 5.16 Å². The van der Waals surface area contributed by atoms with Crippen molar-refractivity contribution < 1.29 is 8.94 Å². The fourth-order valence-corrected chi connectivity index (χ4v) is 1.69. The molecule has 0 aliphatic carbocycles. The quantitative estimate of drug-likeness (QED) is 0.523. The summed E-state index contributed by atoms with van der Waals surface area (Å²) in [6.07, 6.45) is 1.38. The average molecular weight is 201 g/mol. The maximum atomic E-state index is 11.5. The van der Waals surface area contributed by atoms with Crippen molar-refractivity contribution in [2.75, 3.05) is 0 Å². The zero-order chi connectivity index (χ0) is 10.4. The second-order valence-corrected chi connectivity index (χ2v) is 3.41. The normalized spacial score (nSPS) is 11.3. The molecule has 74 valence electrons. The van der Waals surface area contributed by atoms with Crippen molar-refractivity contribution in [3.05, 3.63) is 40.4 Å². The monoisotopic (exact) mass is 201 g/mol. The van der Waals surface area contributed by atoms with Gasteiger partial charge in [0.2, 0.25) is 0 Å². The predicted octanol–water partition coefficient (Wildman–Crippen LogP) is 2.24. The predicted molar refractivity (Wildman–Crippen MR) is 54.8 cm³/mol. The molecule has 0 fully saturated rings. The first-order valence-electron chi connectivity index (χ1n) is 4.54. The van der Waals surface area contributed by atoms with Gasteiger partial charge in [0.25, 0.3) is 0 Å². The Hall–Kier alpha value is -2.10. The van der Waals surface area contributed by atoms with E-state index in [1.165, 1.54) is 6.20 Å². The van der Waals surface area contributed by atoms with Crippen LogP contribution in [0.1, 0.15) is 5.56 Å². The number of fused-ring (bicyclic) bond motifs is 3. The highest BCUT2D eigenvalue weighted by atomic mass is 16.5. The molecule has 0 aliphatic rings. The summed E-state index contributed by atoms with van der Waals surface area (Å²) in [6, 6.07) is 5.62. The molecule has 0 unspecified atom stereocenters. The molecule has 0 N–H and O–H groups in total. The fourth-order valence-electron chi connectivity index (χ4n) is 1.69. The average Bonchev–Trinajstić information content (AvgIpc) is 2.69. The van der Waals surface area contributed by atoms with E-state index in [-0.39, 0.29) is 0 Å². The molecule has 0 saturated carbocycles. The number of rotatable bonds is 0. The number of hydrogen-bond donors (Lipinski definition) is 0. The summed E-state index contributed by atoms with van der Waals surface area (Å²) in [7, 11) is 0. The fraction of sp³-hybridized carbons (Fsp3) is 0.0909. The third-order valence-corrected chi connectivity index (χ3v) is 2.44. The first-order chi connectivity index (χ1) is 7.27. The van der Waals surface area contributed by atoms with E-state index in [1.807, 2.05) is 25.1 Å². The van der Waals surface area contributed by atoms with E-state index in [9.17, 15) is 4.79 Å². The summed E-state index contributed by atoms with van der Waals surface area (Å²) < 4.78 is 10.3. The van der Waals surface area contributed by atoms with Crippen LogP contribution in [0.3, 0.4) is 0 Å². The van der Waals surface area contributed by atoms with E-state index in [1.54, 1.807) is 0 Å². The molecule has 0 spiro atoms. The molecule has 3 rings (SSSR count). The Morgan fingerprint density at radius 3 is 2.93 bits per heavy atom. The number of aromatic nitrogens is 1. The number of nitrogens with zero attached hydrogens (tertiary/aromatic N) is 1. The molecule has 2 aromatic heterocycles. The molecule has 3 aromatic rings. The Morgan fingerprint density at radius 2 is 2.07 bits per heavy atom. The number of aryl methyl sites for hydroxylation is 1. The van der Waals surface area contributed by atoms with E-state index in [0.717, 1.165) is 10.9 Å². The molecule has 1 aromatic carbocycles. The van der Waals surface area contributed by atoms with E-state index in [4.69, 9.17) is 8.94 Å². The van der Waals surface area contributed by atoms with E-state index >= 15 is 0 Å². The van der Waals surface area contributed by atoms with Gasteiger partial charge in [0.05, 0.1) is 11.6 Å². The van der Waals surface area contributed by atoms with Gasteiger partial charge in [-0.05, 0) is 18.6 Å². The third kappa shape index (κ3) is 1.01. The van der Waals surface area contributed by atoms with Crippen LogP contribution in [0.15, 0.2) is 38.1 Å². The van der Waals surface area contributed by atoms with Gasteiger partial charge in [-0.2, -0.15) is 0 Å². The summed E-state index contributed by atoms with van der Waals surface area (Å²) in [5.74, 6) is 0. The van der Waals surface area contributed by atoms with Crippen LogP contribution in [0.25, 0.3) is 21.9 Å². The van der Waals surface area contributed by atoms with Gasteiger partial charge in [0, 0.05) is 0 Å². The zero-order valence-corrected chi connectivity index (χ0v) is 7.98. The minimum absolute atomic E-state index is 0.383. The van der Waals surface area contributed by atoms with Crippen molar-refractivity contribution in [3.63, 3.8) is 0 Å². The molecule has 0 amide bonds. The van der Waals surface area contributed by atoms with Crippen LogP contribution in [0.4, 0.5) is 0 Å². The van der Waals surface area contributed by atoms with E-state index < -0.39 is 5.63 Å². The van der Waals surface area contributed by atoms with Gasteiger partial charge in [0.1, 0.15) is 11.0 Å². The second kappa shape index (κ2) is 2.70. The van der Waals surface area contributed by atoms with Gasteiger partial charge in [-0.3, -0.25) is 0 Å². The summed E-state index contributed by atoms with van der Waals surface area (Å²) in [5, 5.41) is 4.77. The summed E-state index contributed by atoms with van der Waals surface area (Å²) in [6.45, 7) is 1.88. The van der Waals surface area contributed by atoms with Gasteiger partial charge >= 0.3 is 5.63 Å². The number of hydrogen-bond acceptors (Lipinski definition) is 4. The molecule has 15 heavy (non-hydrogen) atoms. The van der Waals surface area contributed by atoms with Crippen molar-refractivity contribution in [3.8, 4) is 0 Å². The maximum absolute atomic E-state index is 11.5. The minimum atomic E-state index is -0.409. The highest BCUT2D eigenvalue weighted by molar-refractivity contribution is 6.00. The lowest BCUT2D eigenvalue weighted by molar-refractivity contribution is 0.457. The van der Waals surface area contributed by atoms with Crippen LogP contribution in [-0.2, 0) is 0 Å². The van der Waals surface area contributed by atoms with Crippen LogP contribution in [-0.4, -0.2) is 5.16 Å². The second-order valence-electron chi connectivity index (χ2n) is 3.41. The van der Waals surface area contributed by atoms with Crippen LogP contribution >= 0.6 is 0 Å². The molecule has 0 radical (unpaired) electrons. The first-order valence-corrected chi connectivity index (χ1v) is 4.54. The number of para-hydroxylation sites is 1. The Balaban J connectivity index is 2.72. The smallest absolute Gasteiger partial charge is 0.349 e. The summed E-state index contributed by atoms with van der Waals surface area (Å²) in [5.41, 5.74) is 1.55. The third-order valence-electron chi connectivity index (χ3n) is 2.44. The van der Waals surface area contributed by atoms with E-state index in [0.29, 0.717) is 16.6 Å². The lowest BCUT2D eigenvalue weighted by Gasteiger charge is -1.98. The molecular formula is C11H7NO3. The van der Waals surface area contributed by atoms with Gasteiger partial charge in [0.15, 0.2) is 5.58 Å². The highest BCUT2D eigenvalue weighted by Gasteiger charge is 2.11. The Kier molecular flexibility index (Phi) is 1.48. The van der Waals surface area contributed by atoms with Gasteiger partial charge in [-0.25, -0.2) is 4.79 Å². The Labute approximate surface area is 84.1 Å². The molecule has 0 aliphatic heterocycles. The van der Waals surface area contributed by atoms with E-state index in [2.05, 4.69) is 5.16 Å². The first kappa shape index (κ1) is 8.23. The Bertz CT molecular complexity index is 708. The lowest BCUT2D eigenvalue weighted by atomic mass is 10.1. The van der Waals surface area contributed by atoms with Gasteiger partial charge in [-0.15, -0.1) is 0 Å². The standard InChI is InChI=1S/C11H7NO3/c1-6-3-2-4-7-9(6)14-11(13)8-5-12-15-10(7)8/h2-5H,1H3. The molecule has 0 atom stereocenters.